The van der Waals surface area contributed by atoms with Crippen molar-refractivity contribution in [2.45, 2.75) is 42.2 Å². The fourth-order valence-corrected chi connectivity index (χ4v) is 3.43. The van der Waals surface area contributed by atoms with Crippen molar-refractivity contribution in [1.29, 1.82) is 0 Å². The Labute approximate surface area is 162 Å². The van der Waals surface area contributed by atoms with Gasteiger partial charge in [-0.15, -0.1) is 0 Å². The average Bonchev–Trinajstić information content (AvgIpc) is 2.60. The fraction of sp³-hybridized carbons (Fsp3) is 0.353. The number of nitrogens with one attached hydrogen (secondary N) is 2. The van der Waals surface area contributed by atoms with Crippen LogP contribution >= 0.6 is 23.5 Å². The van der Waals surface area contributed by atoms with Crippen molar-refractivity contribution in [2.24, 2.45) is 0 Å². The molecule has 1 aromatic heterocycles. The maximum atomic E-state index is 13.7. The molecule has 1 atom stereocenters. The largest absolute Gasteiger partial charge is 0.323 e. The van der Waals surface area contributed by atoms with Crippen molar-refractivity contribution >= 4 is 35.1 Å². The third kappa shape index (κ3) is 6.03. The van der Waals surface area contributed by atoms with Gasteiger partial charge in [0.2, 0.25) is 5.91 Å². The van der Waals surface area contributed by atoms with Crippen LogP contribution in [0.1, 0.15) is 26.5 Å². The van der Waals surface area contributed by atoms with Crippen LogP contribution in [0.25, 0.3) is 0 Å². The van der Waals surface area contributed by atoms with Gasteiger partial charge in [-0.2, -0.15) is 11.8 Å². The maximum absolute atomic E-state index is 13.7. The molecular formula is C17H18F3N3O2S2. The summed E-state index contributed by atoms with van der Waals surface area (Å²) in [6.07, 6.45) is 0. The normalized spacial score (nSPS) is 12.3. The number of H-pyrrole nitrogens is 1. The molecule has 146 valence electrons. The van der Waals surface area contributed by atoms with Crippen LogP contribution in [0.5, 0.6) is 0 Å². The number of amides is 1. The monoisotopic (exact) mass is 417 g/mol. The predicted octanol–water partition coefficient (Wildman–Crippen LogP) is 3.95. The van der Waals surface area contributed by atoms with Gasteiger partial charge >= 0.3 is 0 Å². The van der Waals surface area contributed by atoms with Crippen LogP contribution in [0.2, 0.25) is 0 Å². The standard InChI is InChI=1S/C17H18F3N3O2S2/c1-8(2)26-7-10-6-13(24)23-17(21-10)27-9(3)16(25)22-12-5-4-11(18)14(19)15(12)20/h4-6,8-9H,7H2,1-3H3,(H,22,25)(H,21,23,24). The summed E-state index contributed by atoms with van der Waals surface area (Å²) >= 11 is 2.59. The lowest BCUT2D eigenvalue weighted by atomic mass is 10.2. The number of halogens is 3. The summed E-state index contributed by atoms with van der Waals surface area (Å²) in [6.45, 7) is 5.57. The molecule has 0 aliphatic rings. The lowest BCUT2D eigenvalue weighted by molar-refractivity contribution is -0.115. The SMILES string of the molecule is CC(C)SCc1cc(=O)[nH]c(SC(C)C(=O)Nc2ccc(F)c(F)c2F)n1. The summed E-state index contributed by atoms with van der Waals surface area (Å²) < 4.78 is 39.9. The van der Waals surface area contributed by atoms with E-state index in [1.807, 2.05) is 13.8 Å². The number of carbonyl (C=O) groups excluding carboxylic acids is 1. The van der Waals surface area contributed by atoms with Crippen LogP contribution < -0.4 is 10.9 Å². The van der Waals surface area contributed by atoms with Gasteiger partial charge < -0.3 is 10.3 Å². The molecule has 1 unspecified atom stereocenters. The highest BCUT2D eigenvalue weighted by Crippen LogP contribution is 2.24. The van der Waals surface area contributed by atoms with E-state index in [-0.39, 0.29) is 10.7 Å². The quantitative estimate of drug-likeness (QED) is 0.405. The molecule has 2 rings (SSSR count). The first kappa shape index (κ1) is 21.4. The molecule has 0 saturated carbocycles. The van der Waals surface area contributed by atoms with Crippen molar-refractivity contribution in [3.05, 3.63) is 51.7 Å². The van der Waals surface area contributed by atoms with E-state index < -0.39 is 34.3 Å². The molecule has 0 bridgehead atoms. The van der Waals surface area contributed by atoms with Crippen molar-refractivity contribution < 1.29 is 18.0 Å². The van der Waals surface area contributed by atoms with E-state index in [1.165, 1.54) is 13.0 Å². The lowest BCUT2D eigenvalue weighted by Gasteiger charge is -2.13. The van der Waals surface area contributed by atoms with E-state index in [2.05, 4.69) is 15.3 Å². The molecule has 0 aliphatic heterocycles. The van der Waals surface area contributed by atoms with Crippen LogP contribution in [0.15, 0.2) is 28.2 Å². The molecule has 5 nitrogen and oxygen atoms in total. The third-order valence-electron chi connectivity index (χ3n) is 3.29. The summed E-state index contributed by atoms with van der Waals surface area (Å²) in [7, 11) is 0. The molecule has 2 aromatic rings. The number of benzene rings is 1. The van der Waals surface area contributed by atoms with Gasteiger partial charge in [-0.3, -0.25) is 9.59 Å². The van der Waals surface area contributed by atoms with Gasteiger partial charge in [-0.25, -0.2) is 18.2 Å². The average molecular weight is 417 g/mol. The van der Waals surface area contributed by atoms with Crippen molar-refractivity contribution in [2.75, 3.05) is 5.32 Å². The summed E-state index contributed by atoms with van der Waals surface area (Å²) in [4.78, 5) is 30.8. The molecule has 0 aliphatic carbocycles. The summed E-state index contributed by atoms with van der Waals surface area (Å²) in [5, 5.41) is 2.05. The second-order valence-electron chi connectivity index (χ2n) is 5.87. The summed E-state index contributed by atoms with van der Waals surface area (Å²) in [5.41, 5.74) is -0.222. The van der Waals surface area contributed by atoms with Crippen LogP contribution in [0, 0.1) is 17.5 Å². The van der Waals surface area contributed by atoms with E-state index in [4.69, 9.17) is 0 Å². The Balaban J connectivity index is 2.08. The number of aromatic nitrogens is 2. The number of carbonyl (C=O) groups is 1. The Morgan fingerprint density at radius 2 is 1.93 bits per heavy atom. The first-order valence-corrected chi connectivity index (χ1v) is 9.93. The molecule has 0 fully saturated rings. The van der Waals surface area contributed by atoms with E-state index in [1.54, 1.807) is 11.8 Å². The van der Waals surface area contributed by atoms with Crippen LogP contribution in [0.3, 0.4) is 0 Å². The van der Waals surface area contributed by atoms with E-state index in [0.717, 1.165) is 23.9 Å². The van der Waals surface area contributed by atoms with Crippen molar-refractivity contribution in [1.82, 2.24) is 9.97 Å². The zero-order chi connectivity index (χ0) is 20.1. The fourth-order valence-electron chi connectivity index (χ4n) is 1.94. The first-order valence-electron chi connectivity index (χ1n) is 8.00. The molecule has 10 heteroatoms. The maximum Gasteiger partial charge on any atom is 0.251 e. The molecule has 1 aromatic carbocycles. The highest BCUT2D eigenvalue weighted by atomic mass is 32.2. The number of hydrogen-bond acceptors (Lipinski definition) is 5. The Hall–Kier alpha value is -1.94. The zero-order valence-corrected chi connectivity index (χ0v) is 16.4. The van der Waals surface area contributed by atoms with Gasteiger partial charge in [0.15, 0.2) is 22.6 Å². The Kier molecular flexibility index (Phi) is 7.37. The molecule has 1 heterocycles. The Morgan fingerprint density at radius 3 is 2.59 bits per heavy atom. The molecule has 1 amide bonds. The minimum atomic E-state index is -1.66. The topological polar surface area (TPSA) is 74.8 Å². The second kappa shape index (κ2) is 9.32. The number of rotatable bonds is 7. The van der Waals surface area contributed by atoms with E-state index in [9.17, 15) is 22.8 Å². The molecule has 27 heavy (non-hydrogen) atoms. The number of nitrogens with zero attached hydrogens (tertiary/aromatic N) is 1. The highest BCUT2D eigenvalue weighted by Gasteiger charge is 2.20. The Morgan fingerprint density at radius 1 is 1.22 bits per heavy atom. The summed E-state index contributed by atoms with van der Waals surface area (Å²) in [6, 6.07) is 3.05. The van der Waals surface area contributed by atoms with E-state index in [0.29, 0.717) is 16.7 Å². The first-order chi connectivity index (χ1) is 12.7. The Bertz CT molecular complexity index is 890. The molecule has 2 N–H and O–H groups in total. The van der Waals surface area contributed by atoms with Crippen molar-refractivity contribution in [3.63, 3.8) is 0 Å². The van der Waals surface area contributed by atoms with Gasteiger partial charge in [-0.05, 0) is 24.3 Å². The highest BCUT2D eigenvalue weighted by molar-refractivity contribution is 8.00. The molecular weight excluding hydrogens is 399 g/mol. The number of hydrogen-bond donors (Lipinski definition) is 2. The van der Waals surface area contributed by atoms with Crippen molar-refractivity contribution in [3.8, 4) is 0 Å². The van der Waals surface area contributed by atoms with Gasteiger partial charge in [0, 0.05) is 11.8 Å². The van der Waals surface area contributed by atoms with Gasteiger partial charge in [-0.1, -0.05) is 25.6 Å². The van der Waals surface area contributed by atoms with Gasteiger partial charge in [0.25, 0.3) is 5.56 Å². The van der Waals surface area contributed by atoms with Gasteiger partial charge in [0.05, 0.1) is 16.6 Å². The third-order valence-corrected chi connectivity index (χ3v) is 5.40. The minimum Gasteiger partial charge on any atom is -0.323 e. The number of thioether (sulfide) groups is 2. The molecule has 0 saturated heterocycles. The molecule has 0 spiro atoms. The minimum absolute atomic E-state index is 0.246. The summed E-state index contributed by atoms with van der Waals surface area (Å²) in [5.74, 6) is -4.56. The second-order valence-corrected chi connectivity index (χ2v) is 8.77. The lowest BCUT2D eigenvalue weighted by Crippen LogP contribution is -2.24. The zero-order valence-electron chi connectivity index (χ0n) is 14.8. The van der Waals surface area contributed by atoms with Crippen LogP contribution in [0.4, 0.5) is 18.9 Å². The van der Waals surface area contributed by atoms with E-state index >= 15 is 0 Å². The number of anilines is 1. The smallest absolute Gasteiger partial charge is 0.251 e. The molecule has 0 radical (unpaired) electrons. The van der Waals surface area contributed by atoms with Gasteiger partial charge in [0.1, 0.15) is 0 Å². The number of aromatic amines is 1. The van der Waals surface area contributed by atoms with Crippen LogP contribution in [-0.2, 0) is 10.5 Å². The predicted molar refractivity (Wildman–Crippen MR) is 102 cm³/mol. The van der Waals surface area contributed by atoms with Crippen LogP contribution in [-0.4, -0.2) is 26.4 Å².